The molecule has 4 bridgehead atoms. The van der Waals surface area contributed by atoms with Gasteiger partial charge in [0.2, 0.25) is 0 Å². The second-order valence-electron chi connectivity index (χ2n) is 15.0. The minimum Gasteiger partial charge on any atom is -1.00 e. The molecule has 41 heavy (non-hydrogen) atoms. The zero-order valence-corrected chi connectivity index (χ0v) is 30.2. The minimum absolute atomic E-state index is 0. The SMILES string of the molecule is CC(C)(C)c1c[c-]c2c(c1)-c1cc(C(C)(C)C)ccc1C2.Cc1cc(C2C3CC4CC(C3)CC2C4)c[cH-]1.[CH2]=[Zr+2].[Cl-].[Cl-]. The van der Waals surface area contributed by atoms with Crippen molar-refractivity contribution >= 4 is 4.21 Å². The molecule has 5 aliphatic carbocycles. The van der Waals surface area contributed by atoms with E-state index in [1.807, 2.05) is 0 Å². The van der Waals surface area contributed by atoms with Crippen molar-refractivity contribution in [1.29, 1.82) is 0 Å². The fraction of sp³-hybridized carbons (Fsp3) is 0.526. The molecule has 0 N–H and O–H groups in total. The predicted octanol–water partition coefficient (Wildman–Crippen LogP) is 3.88. The molecule has 4 fully saturated rings. The molecule has 8 rings (SSSR count). The second-order valence-corrected chi connectivity index (χ2v) is 15.0. The maximum atomic E-state index is 3.53. The summed E-state index contributed by atoms with van der Waals surface area (Å²) in [6.07, 6.45) is 8.77. The molecule has 0 nitrogen and oxygen atoms in total. The van der Waals surface area contributed by atoms with Crippen LogP contribution in [-0.4, -0.2) is 4.21 Å². The smallest absolute Gasteiger partial charge is 1.00 e. The molecular formula is C38H48Cl2Zr-2. The minimum atomic E-state index is 0. The van der Waals surface area contributed by atoms with Crippen LogP contribution in [0.5, 0.6) is 0 Å². The predicted molar refractivity (Wildman–Crippen MR) is 165 cm³/mol. The summed E-state index contributed by atoms with van der Waals surface area (Å²) in [6, 6.07) is 22.2. The Balaban J connectivity index is 0.000000208. The van der Waals surface area contributed by atoms with Crippen LogP contribution in [0.15, 0.2) is 48.5 Å². The van der Waals surface area contributed by atoms with Crippen LogP contribution in [-0.2, 0) is 41.5 Å². The molecule has 0 atom stereocenters. The van der Waals surface area contributed by atoms with Gasteiger partial charge in [-0.3, -0.25) is 0 Å². The van der Waals surface area contributed by atoms with Gasteiger partial charge in [0.1, 0.15) is 0 Å². The molecule has 3 heteroatoms. The van der Waals surface area contributed by atoms with E-state index < -0.39 is 0 Å². The van der Waals surface area contributed by atoms with Gasteiger partial charge >= 0.3 is 28.4 Å². The van der Waals surface area contributed by atoms with Gasteiger partial charge < -0.3 is 24.8 Å². The Morgan fingerprint density at radius 3 is 1.85 bits per heavy atom. The topological polar surface area (TPSA) is 0 Å². The number of halogens is 2. The maximum Gasteiger partial charge on any atom is -1.00 e. The normalized spacial score (nSPS) is 25.0. The molecule has 3 aromatic carbocycles. The van der Waals surface area contributed by atoms with Gasteiger partial charge in [0.15, 0.2) is 0 Å². The van der Waals surface area contributed by atoms with Gasteiger partial charge in [-0.15, -0.1) is 5.56 Å². The monoisotopic (exact) mass is 664 g/mol. The largest absolute Gasteiger partial charge is 1.00 e. The molecule has 0 aliphatic heterocycles. The number of benzene rings is 2. The van der Waals surface area contributed by atoms with Crippen LogP contribution >= 0.6 is 0 Å². The molecular weight excluding hydrogens is 619 g/mol. The molecule has 5 aliphatic rings. The Bertz CT molecular complexity index is 1230. The average molecular weight is 667 g/mol. The van der Waals surface area contributed by atoms with E-state index in [1.54, 1.807) is 37.7 Å². The summed E-state index contributed by atoms with van der Waals surface area (Å²) >= 11 is 1.30. The number of hydrogen-bond acceptors (Lipinski definition) is 0. The molecule has 0 amide bonds. The fourth-order valence-corrected chi connectivity index (χ4v) is 8.25. The van der Waals surface area contributed by atoms with Crippen LogP contribution in [0.1, 0.15) is 113 Å². The van der Waals surface area contributed by atoms with Crippen LogP contribution in [0.2, 0.25) is 0 Å². The van der Waals surface area contributed by atoms with Crippen molar-refractivity contribution in [3.63, 3.8) is 0 Å². The van der Waals surface area contributed by atoms with Gasteiger partial charge in [-0.25, -0.2) is 6.07 Å². The third kappa shape index (κ3) is 7.27. The first-order valence-electron chi connectivity index (χ1n) is 15.2. The van der Waals surface area contributed by atoms with E-state index in [0.717, 1.165) is 36.0 Å². The van der Waals surface area contributed by atoms with Crippen molar-refractivity contribution in [2.75, 3.05) is 0 Å². The molecule has 0 spiro atoms. The molecule has 0 heterocycles. The van der Waals surface area contributed by atoms with E-state index in [1.165, 1.54) is 63.2 Å². The van der Waals surface area contributed by atoms with E-state index in [4.69, 9.17) is 0 Å². The molecule has 0 aromatic heterocycles. The summed E-state index contributed by atoms with van der Waals surface area (Å²) in [5.74, 6) is 5.22. The van der Waals surface area contributed by atoms with Crippen molar-refractivity contribution in [1.82, 2.24) is 0 Å². The van der Waals surface area contributed by atoms with Crippen molar-refractivity contribution in [2.45, 2.75) is 104 Å². The van der Waals surface area contributed by atoms with E-state index in [2.05, 4.69) is 107 Å². The average Bonchev–Trinajstić information content (AvgIpc) is 3.46. The number of rotatable bonds is 1. The fourth-order valence-electron chi connectivity index (χ4n) is 8.25. The second kappa shape index (κ2) is 13.4. The maximum absolute atomic E-state index is 3.53. The summed E-state index contributed by atoms with van der Waals surface area (Å²) < 4.78 is 3.34. The van der Waals surface area contributed by atoms with Gasteiger partial charge in [0, 0.05) is 0 Å². The summed E-state index contributed by atoms with van der Waals surface area (Å²) in [6.45, 7) is 15.9. The van der Waals surface area contributed by atoms with Crippen molar-refractivity contribution in [2.24, 2.45) is 23.7 Å². The van der Waals surface area contributed by atoms with Gasteiger partial charge in [-0.1, -0.05) is 89.1 Å². The van der Waals surface area contributed by atoms with Gasteiger partial charge in [-0.05, 0) is 73.2 Å². The van der Waals surface area contributed by atoms with Gasteiger partial charge in [0.25, 0.3) is 0 Å². The Kier molecular flexibility index (Phi) is 11.3. The van der Waals surface area contributed by atoms with Gasteiger partial charge in [0.05, 0.1) is 0 Å². The molecule has 4 saturated carbocycles. The van der Waals surface area contributed by atoms with E-state index in [-0.39, 0.29) is 35.6 Å². The first-order chi connectivity index (χ1) is 18.5. The molecule has 220 valence electrons. The third-order valence-electron chi connectivity index (χ3n) is 10.1. The molecule has 3 aromatic rings. The zero-order valence-electron chi connectivity index (χ0n) is 26.2. The van der Waals surface area contributed by atoms with Crippen LogP contribution in [0, 0.1) is 36.7 Å². The zero-order chi connectivity index (χ0) is 28.1. The van der Waals surface area contributed by atoms with E-state index >= 15 is 0 Å². The Morgan fingerprint density at radius 2 is 1.34 bits per heavy atom. The van der Waals surface area contributed by atoms with Crippen molar-refractivity contribution in [3.8, 4) is 11.1 Å². The van der Waals surface area contributed by atoms with Crippen LogP contribution in [0.3, 0.4) is 0 Å². The summed E-state index contributed by atoms with van der Waals surface area (Å²) in [5.41, 5.74) is 11.9. The van der Waals surface area contributed by atoms with Gasteiger partial charge in [-0.2, -0.15) is 52.6 Å². The van der Waals surface area contributed by atoms with Crippen molar-refractivity contribution < 1.29 is 49.0 Å². The summed E-state index contributed by atoms with van der Waals surface area (Å²) in [5, 5.41) is 0. The first kappa shape index (κ1) is 34.6. The van der Waals surface area contributed by atoms with Crippen LogP contribution < -0.4 is 24.8 Å². The summed E-state index contributed by atoms with van der Waals surface area (Å²) in [7, 11) is 0. The van der Waals surface area contributed by atoms with Crippen molar-refractivity contribution in [3.05, 3.63) is 88.0 Å². The standard InChI is InChI=1S/C21H25.C16H21.CH2.2ClH.Zr/c1-20(2,3)16-9-7-14-11-15-8-10-17(21(4,5)6)13-19(15)18(14)12-16;1-10-2-3-13(4-10)16-14-6-11-5-12(8-14)9-15(16)7-11;;;;/h7,9-10,12-13H,11H2,1-6H3;2-4,11-12,14-16H,5-9H2,1H3;1H2;2*1H;/q2*-1;;;;+2/p-2. The van der Waals surface area contributed by atoms with E-state index in [9.17, 15) is 0 Å². The third-order valence-corrected chi connectivity index (χ3v) is 10.1. The van der Waals surface area contributed by atoms with Crippen LogP contribution in [0.25, 0.3) is 11.1 Å². The first-order valence-corrected chi connectivity index (χ1v) is 17.0. The van der Waals surface area contributed by atoms with E-state index in [0.29, 0.717) is 0 Å². The van der Waals surface area contributed by atoms with Crippen LogP contribution in [0.4, 0.5) is 0 Å². The number of hydrogen-bond donors (Lipinski definition) is 0. The Hall–Kier alpha value is -0.877. The Labute approximate surface area is 278 Å². The molecule has 0 unspecified atom stereocenters. The molecule has 0 saturated heterocycles. The quantitative estimate of drug-likeness (QED) is 0.271. The number of fused-ring (bicyclic) bond motifs is 3. The Morgan fingerprint density at radius 1 is 0.780 bits per heavy atom. The number of aryl methyl sites for hydroxylation is 1. The summed E-state index contributed by atoms with van der Waals surface area (Å²) in [4.78, 5) is 0. The molecule has 0 radical (unpaired) electrons.